The summed E-state index contributed by atoms with van der Waals surface area (Å²) in [7, 11) is 0. The predicted octanol–water partition coefficient (Wildman–Crippen LogP) is 4.80. The fourth-order valence-corrected chi connectivity index (χ4v) is 4.30. The molecule has 7 heteroatoms. The van der Waals surface area contributed by atoms with Crippen LogP contribution in [0.4, 0.5) is 5.69 Å². The Morgan fingerprint density at radius 1 is 1.06 bits per heavy atom. The van der Waals surface area contributed by atoms with Gasteiger partial charge in [-0.25, -0.2) is 0 Å². The van der Waals surface area contributed by atoms with Crippen molar-refractivity contribution in [1.29, 1.82) is 0 Å². The number of rotatable bonds is 6. The molecule has 172 valence electrons. The SMILES string of the molecule is C=CCOc1ccc(-n2c(C)cc(/C=C3\C(=O)NC(=S)N(c4ccccc4C)C3=O)c2C)cc1. The van der Waals surface area contributed by atoms with E-state index in [2.05, 4.69) is 16.5 Å². The molecule has 0 atom stereocenters. The number of carbonyl (C=O) groups excluding carboxylic acids is 2. The third kappa shape index (κ3) is 4.30. The normalized spacial score (nSPS) is 15.0. The number of thiocarbonyl (C=S) groups is 1. The maximum absolute atomic E-state index is 13.4. The lowest BCUT2D eigenvalue weighted by Crippen LogP contribution is -2.54. The van der Waals surface area contributed by atoms with Crippen molar-refractivity contribution in [3.8, 4) is 11.4 Å². The Hall–Kier alpha value is -3.97. The first-order valence-corrected chi connectivity index (χ1v) is 11.2. The van der Waals surface area contributed by atoms with Crippen LogP contribution in [0.25, 0.3) is 11.8 Å². The molecule has 2 heterocycles. The molecule has 1 fully saturated rings. The third-order valence-electron chi connectivity index (χ3n) is 5.69. The van der Waals surface area contributed by atoms with E-state index in [1.54, 1.807) is 12.2 Å². The largest absolute Gasteiger partial charge is 0.490 e. The van der Waals surface area contributed by atoms with Crippen LogP contribution in [0.5, 0.6) is 5.75 Å². The average molecular weight is 472 g/mol. The maximum atomic E-state index is 13.4. The van der Waals surface area contributed by atoms with Gasteiger partial charge in [0.2, 0.25) is 0 Å². The zero-order valence-electron chi connectivity index (χ0n) is 19.3. The van der Waals surface area contributed by atoms with Crippen LogP contribution >= 0.6 is 12.2 Å². The summed E-state index contributed by atoms with van der Waals surface area (Å²) in [6.07, 6.45) is 3.33. The highest BCUT2D eigenvalue weighted by molar-refractivity contribution is 7.80. The molecule has 0 unspecified atom stereocenters. The van der Waals surface area contributed by atoms with Crippen molar-refractivity contribution < 1.29 is 14.3 Å². The summed E-state index contributed by atoms with van der Waals surface area (Å²) in [6.45, 7) is 9.93. The van der Waals surface area contributed by atoms with E-state index >= 15 is 0 Å². The maximum Gasteiger partial charge on any atom is 0.270 e. The quantitative estimate of drug-likeness (QED) is 0.243. The summed E-state index contributed by atoms with van der Waals surface area (Å²) in [6, 6.07) is 17.1. The highest BCUT2D eigenvalue weighted by atomic mass is 32.1. The Kier molecular flexibility index (Phi) is 6.47. The van der Waals surface area contributed by atoms with Gasteiger partial charge >= 0.3 is 0 Å². The molecule has 1 saturated heterocycles. The van der Waals surface area contributed by atoms with Gasteiger partial charge in [0.15, 0.2) is 5.11 Å². The number of benzene rings is 2. The summed E-state index contributed by atoms with van der Waals surface area (Å²) < 4.78 is 7.63. The van der Waals surface area contributed by atoms with E-state index in [1.807, 2.05) is 75.4 Å². The Morgan fingerprint density at radius 3 is 2.44 bits per heavy atom. The Morgan fingerprint density at radius 2 is 1.76 bits per heavy atom. The van der Waals surface area contributed by atoms with Gasteiger partial charge in [-0.15, -0.1) is 0 Å². The molecule has 0 spiro atoms. The minimum absolute atomic E-state index is 0.0327. The number of ether oxygens (including phenoxy) is 1. The van der Waals surface area contributed by atoms with Gasteiger partial charge in [-0.3, -0.25) is 19.8 Å². The number of nitrogens with zero attached hydrogens (tertiary/aromatic N) is 2. The molecule has 0 saturated carbocycles. The highest BCUT2D eigenvalue weighted by Gasteiger charge is 2.35. The summed E-state index contributed by atoms with van der Waals surface area (Å²) >= 11 is 5.32. The number of hydrogen-bond acceptors (Lipinski definition) is 4. The van der Waals surface area contributed by atoms with Gasteiger partial charge in [0.1, 0.15) is 17.9 Å². The van der Waals surface area contributed by atoms with Crippen LogP contribution < -0.4 is 15.0 Å². The van der Waals surface area contributed by atoms with E-state index in [0.29, 0.717) is 12.3 Å². The van der Waals surface area contributed by atoms with Gasteiger partial charge in [0.05, 0.1) is 5.69 Å². The summed E-state index contributed by atoms with van der Waals surface area (Å²) in [5, 5.41) is 2.73. The minimum atomic E-state index is -0.506. The smallest absolute Gasteiger partial charge is 0.270 e. The van der Waals surface area contributed by atoms with Crippen molar-refractivity contribution in [2.45, 2.75) is 20.8 Å². The first-order valence-electron chi connectivity index (χ1n) is 10.8. The van der Waals surface area contributed by atoms with E-state index in [4.69, 9.17) is 17.0 Å². The van der Waals surface area contributed by atoms with E-state index in [1.165, 1.54) is 4.90 Å². The molecule has 4 rings (SSSR count). The molecule has 0 bridgehead atoms. The van der Waals surface area contributed by atoms with Crippen molar-refractivity contribution in [3.63, 3.8) is 0 Å². The zero-order valence-corrected chi connectivity index (χ0v) is 20.1. The summed E-state index contributed by atoms with van der Waals surface area (Å²) in [4.78, 5) is 27.5. The summed E-state index contributed by atoms with van der Waals surface area (Å²) in [5.41, 5.74) is 5.17. The predicted molar refractivity (Wildman–Crippen MR) is 138 cm³/mol. The van der Waals surface area contributed by atoms with Crippen LogP contribution in [-0.4, -0.2) is 28.1 Å². The van der Waals surface area contributed by atoms with E-state index in [9.17, 15) is 9.59 Å². The number of amides is 2. The van der Waals surface area contributed by atoms with Gasteiger partial charge < -0.3 is 9.30 Å². The Labute approximate surface area is 204 Å². The van der Waals surface area contributed by atoms with E-state index in [-0.39, 0.29) is 10.7 Å². The first kappa shape index (κ1) is 23.2. The molecule has 0 radical (unpaired) electrons. The Bertz CT molecular complexity index is 1340. The van der Waals surface area contributed by atoms with Gasteiger partial charge in [-0.1, -0.05) is 30.9 Å². The second kappa shape index (κ2) is 9.49. The molecule has 3 aromatic rings. The summed E-state index contributed by atoms with van der Waals surface area (Å²) in [5.74, 6) is -0.199. The number of para-hydroxylation sites is 1. The van der Waals surface area contributed by atoms with Crippen LogP contribution in [-0.2, 0) is 9.59 Å². The first-order chi connectivity index (χ1) is 16.3. The molecule has 1 aromatic heterocycles. The topological polar surface area (TPSA) is 63.6 Å². The molecule has 1 N–H and O–H groups in total. The lowest BCUT2D eigenvalue weighted by molar-refractivity contribution is -0.122. The van der Waals surface area contributed by atoms with Crippen molar-refractivity contribution in [2.75, 3.05) is 11.5 Å². The number of aromatic nitrogens is 1. The molecule has 1 aliphatic rings. The molecular formula is C27H25N3O3S. The third-order valence-corrected chi connectivity index (χ3v) is 5.98. The van der Waals surface area contributed by atoms with Crippen molar-refractivity contribution in [1.82, 2.24) is 9.88 Å². The number of aryl methyl sites for hydroxylation is 2. The molecule has 1 aliphatic heterocycles. The monoisotopic (exact) mass is 471 g/mol. The van der Waals surface area contributed by atoms with Crippen LogP contribution in [0.2, 0.25) is 0 Å². The van der Waals surface area contributed by atoms with Crippen LogP contribution in [0.15, 0.2) is 72.8 Å². The van der Waals surface area contributed by atoms with E-state index in [0.717, 1.165) is 34.0 Å². The highest BCUT2D eigenvalue weighted by Crippen LogP contribution is 2.28. The van der Waals surface area contributed by atoms with Gasteiger partial charge in [0.25, 0.3) is 11.8 Å². The van der Waals surface area contributed by atoms with Crippen LogP contribution in [0.1, 0.15) is 22.5 Å². The fraction of sp³-hybridized carbons (Fsp3) is 0.148. The number of anilines is 1. The Balaban J connectivity index is 1.70. The number of nitrogens with one attached hydrogen (secondary N) is 1. The molecule has 6 nitrogen and oxygen atoms in total. The minimum Gasteiger partial charge on any atom is -0.490 e. The van der Waals surface area contributed by atoms with Gasteiger partial charge in [-0.2, -0.15) is 0 Å². The zero-order chi connectivity index (χ0) is 24.4. The van der Waals surface area contributed by atoms with Gasteiger partial charge in [0, 0.05) is 17.1 Å². The average Bonchev–Trinajstić information content (AvgIpc) is 3.09. The molecular weight excluding hydrogens is 446 g/mol. The second-order valence-electron chi connectivity index (χ2n) is 8.00. The molecule has 0 aliphatic carbocycles. The van der Waals surface area contributed by atoms with Crippen molar-refractivity contribution in [2.24, 2.45) is 0 Å². The van der Waals surface area contributed by atoms with E-state index < -0.39 is 11.8 Å². The fourth-order valence-electron chi connectivity index (χ4n) is 4.02. The number of carbonyl (C=O) groups is 2. The lowest BCUT2D eigenvalue weighted by atomic mass is 10.1. The van der Waals surface area contributed by atoms with Crippen molar-refractivity contribution in [3.05, 3.63) is 95.3 Å². The standard InChI is InChI=1S/C27H25N3O3S/c1-5-14-33-22-12-10-21(11-13-22)29-18(3)15-20(19(29)4)16-23-25(31)28-27(34)30(26(23)32)24-9-7-6-8-17(24)2/h5-13,15-16H,1,14H2,2-4H3,(H,28,31,34)/b23-16+. The second-order valence-corrected chi connectivity index (χ2v) is 8.39. The number of hydrogen-bond donors (Lipinski definition) is 1. The van der Waals surface area contributed by atoms with Crippen LogP contribution in [0.3, 0.4) is 0 Å². The van der Waals surface area contributed by atoms with Gasteiger partial charge in [-0.05, 0) is 86.6 Å². The molecule has 2 amide bonds. The molecule has 2 aromatic carbocycles. The molecule has 34 heavy (non-hydrogen) atoms. The van der Waals surface area contributed by atoms with Crippen LogP contribution in [0, 0.1) is 20.8 Å². The lowest BCUT2D eigenvalue weighted by Gasteiger charge is -2.30. The van der Waals surface area contributed by atoms with Crippen molar-refractivity contribution >= 4 is 40.9 Å².